The molecule has 2 heterocycles. The number of aromatic nitrogens is 1. The number of carbonyl (C=O) groups is 2. The highest BCUT2D eigenvalue weighted by Gasteiger charge is 2.55. The molecule has 3 aromatic carbocycles. The summed E-state index contributed by atoms with van der Waals surface area (Å²) < 4.78 is 7.78. The van der Waals surface area contributed by atoms with E-state index in [-0.39, 0.29) is 5.91 Å². The highest BCUT2D eigenvalue weighted by molar-refractivity contribution is 5.99. The summed E-state index contributed by atoms with van der Waals surface area (Å²) >= 11 is 0. The summed E-state index contributed by atoms with van der Waals surface area (Å²) in [6, 6.07) is 26.4. The highest BCUT2D eigenvalue weighted by Crippen LogP contribution is 2.40. The second-order valence-corrected chi connectivity index (χ2v) is 8.04. The summed E-state index contributed by atoms with van der Waals surface area (Å²) in [5.41, 5.74) is 0.120. The van der Waals surface area contributed by atoms with Crippen LogP contribution in [0.15, 0.2) is 97.3 Å². The molecule has 0 N–H and O–H groups in total. The highest BCUT2D eigenvalue weighted by atomic mass is 16.6. The van der Waals surface area contributed by atoms with E-state index in [9.17, 15) is 9.59 Å². The van der Waals surface area contributed by atoms with Crippen LogP contribution in [0.2, 0.25) is 0 Å². The van der Waals surface area contributed by atoms with Crippen LogP contribution in [0.3, 0.4) is 0 Å². The molecular formula is C26H22N2O3. The lowest BCUT2D eigenvalue weighted by Gasteiger charge is -2.34. The van der Waals surface area contributed by atoms with Crippen molar-refractivity contribution in [2.24, 2.45) is 0 Å². The largest absolute Gasteiger partial charge is 0.435 e. The fourth-order valence-electron chi connectivity index (χ4n) is 4.25. The van der Waals surface area contributed by atoms with Gasteiger partial charge in [-0.25, -0.2) is 4.79 Å². The van der Waals surface area contributed by atoms with E-state index in [0.29, 0.717) is 12.1 Å². The van der Waals surface area contributed by atoms with Crippen LogP contribution >= 0.6 is 0 Å². The molecule has 31 heavy (non-hydrogen) atoms. The van der Waals surface area contributed by atoms with Crippen molar-refractivity contribution in [2.75, 3.05) is 0 Å². The van der Waals surface area contributed by atoms with Gasteiger partial charge in [0.1, 0.15) is 0 Å². The summed E-state index contributed by atoms with van der Waals surface area (Å²) in [5.74, 6) is -0.650. The summed E-state index contributed by atoms with van der Waals surface area (Å²) in [7, 11) is 0. The van der Waals surface area contributed by atoms with E-state index in [0.717, 1.165) is 16.3 Å². The Kier molecular flexibility index (Phi) is 4.59. The molecule has 1 aliphatic rings. The predicted octanol–water partition coefficient (Wildman–Crippen LogP) is 4.80. The van der Waals surface area contributed by atoms with Crippen molar-refractivity contribution in [1.82, 2.24) is 9.47 Å². The summed E-state index contributed by atoms with van der Waals surface area (Å²) in [6.07, 6.45) is 3.21. The standard InChI is InChI=1S/C26H22N2O3/c1-26(18-27-16-21-14-8-9-15-22(21)17-27)25(30)31-24(20-12-6-3-7-13-20)28(26)23(29)19-10-4-2-5-11-19/h2-17,24H,18H2,1H3. The van der Waals surface area contributed by atoms with Crippen molar-refractivity contribution in [3.8, 4) is 0 Å². The molecule has 5 nitrogen and oxygen atoms in total. The number of cyclic esters (lactones) is 1. The van der Waals surface area contributed by atoms with E-state index in [2.05, 4.69) is 0 Å². The van der Waals surface area contributed by atoms with Crippen molar-refractivity contribution in [3.05, 3.63) is 108 Å². The van der Waals surface area contributed by atoms with Crippen molar-refractivity contribution in [1.29, 1.82) is 0 Å². The first-order valence-electron chi connectivity index (χ1n) is 10.3. The maximum atomic E-state index is 13.6. The number of esters is 1. The average molecular weight is 410 g/mol. The fraction of sp³-hybridized carbons (Fsp3) is 0.154. The molecule has 5 rings (SSSR count). The average Bonchev–Trinajstić information content (AvgIpc) is 3.32. The number of amides is 1. The number of benzene rings is 3. The molecule has 0 aliphatic carbocycles. The van der Waals surface area contributed by atoms with E-state index < -0.39 is 17.7 Å². The van der Waals surface area contributed by atoms with Gasteiger partial charge < -0.3 is 9.30 Å². The van der Waals surface area contributed by atoms with E-state index >= 15 is 0 Å². The van der Waals surface area contributed by atoms with E-state index in [1.54, 1.807) is 24.0 Å². The third kappa shape index (κ3) is 3.28. The quantitative estimate of drug-likeness (QED) is 0.454. The Bertz CT molecular complexity index is 1220. The SMILES string of the molecule is CC1(Cn2cc3ccccc3c2)C(=O)OC(c2ccccc2)N1C(=O)c1ccccc1. The number of fused-ring (bicyclic) bond motifs is 1. The van der Waals surface area contributed by atoms with Gasteiger partial charge in [0, 0.05) is 23.5 Å². The van der Waals surface area contributed by atoms with E-state index in [1.807, 2.05) is 89.8 Å². The Balaban J connectivity index is 1.59. The molecule has 0 spiro atoms. The molecule has 1 saturated heterocycles. The van der Waals surface area contributed by atoms with Crippen LogP contribution in [-0.4, -0.2) is 26.9 Å². The monoisotopic (exact) mass is 410 g/mol. The smallest absolute Gasteiger partial charge is 0.336 e. The number of hydrogen-bond acceptors (Lipinski definition) is 3. The summed E-state index contributed by atoms with van der Waals surface area (Å²) in [4.78, 5) is 28.4. The van der Waals surface area contributed by atoms with Crippen molar-refractivity contribution in [3.63, 3.8) is 0 Å². The van der Waals surface area contributed by atoms with Crippen molar-refractivity contribution >= 4 is 22.6 Å². The lowest BCUT2D eigenvalue weighted by Crippen LogP contribution is -2.52. The van der Waals surface area contributed by atoms with Gasteiger partial charge in [0.2, 0.25) is 6.23 Å². The Morgan fingerprint density at radius 1 is 0.871 bits per heavy atom. The zero-order valence-corrected chi connectivity index (χ0v) is 17.1. The Morgan fingerprint density at radius 2 is 1.42 bits per heavy atom. The first-order chi connectivity index (χ1) is 15.1. The van der Waals surface area contributed by atoms with Gasteiger partial charge in [-0.3, -0.25) is 9.69 Å². The summed E-state index contributed by atoms with van der Waals surface area (Å²) in [6.45, 7) is 2.08. The third-order valence-corrected chi connectivity index (χ3v) is 5.85. The zero-order valence-electron chi connectivity index (χ0n) is 17.1. The summed E-state index contributed by atoms with van der Waals surface area (Å²) in [5, 5.41) is 2.16. The third-order valence-electron chi connectivity index (χ3n) is 5.85. The molecule has 1 aliphatic heterocycles. The minimum atomic E-state index is -1.16. The van der Waals surface area contributed by atoms with E-state index in [4.69, 9.17) is 4.74 Å². The van der Waals surface area contributed by atoms with E-state index in [1.165, 1.54) is 0 Å². The fourth-order valence-corrected chi connectivity index (χ4v) is 4.25. The Labute approximate surface area is 180 Å². The van der Waals surface area contributed by atoms with Gasteiger partial charge in [-0.2, -0.15) is 0 Å². The number of ether oxygens (including phenoxy) is 1. The van der Waals surface area contributed by atoms with Crippen LogP contribution in [0.5, 0.6) is 0 Å². The molecular weight excluding hydrogens is 388 g/mol. The molecule has 0 saturated carbocycles. The number of nitrogens with zero attached hydrogens (tertiary/aromatic N) is 2. The van der Waals surface area contributed by atoms with Gasteiger partial charge in [-0.15, -0.1) is 0 Å². The molecule has 5 heteroatoms. The molecule has 1 fully saturated rings. The molecule has 154 valence electrons. The Morgan fingerprint density at radius 3 is 2.03 bits per heavy atom. The molecule has 1 aromatic heterocycles. The van der Waals surface area contributed by atoms with Crippen LogP contribution in [0.25, 0.3) is 10.8 Å². The molecule has 4 aromatic rings. The van der Waals surface area contributed by atoms with Crippen LogP contribution in [0, 0.1) is 0 Å². The first kappa shape index (κ1) is 19.1. The van der Waals surface area contributed by atoms with Gasteiger partial charge in [-0.05, 0) is 29.8 Å². The second kappa shape index (κ2) is 7.43. The molecule has 0 radical (unpaired) electrons. The van der Waals surface area contributed by atoms with Crippen LogP contribution in [-0.2, 0) is 16.1 Å². The van der Waals surface area contributed by atoms with Gasteiger partial charge in [0.05, 0.1) is 6.54 Å². The minimum Gasteiger partial charge on any atom is -0.435 e. The Hall–Kier alpha value is -3.86. The number of carbonyl (C=O) groups excluding carboxylic acids is 2. The molecule has 0 bridgehead atoms. The zero-order chi connectivity index (χ0) is 21.4. The van der Waals surface area contributed by atoms with Crippen molar-refractivity contribution in [2.45, 2.75) is 25.2 Å². The van der Waals surface area contributed by atoms with Gasteiger partial charge >= 0.3 is 5.97 Å². The normalized spacial score (nSPS) is 20.7. The molecule has 1 amide bonds. The first-order valence-corrected chi connectivity index (χ1v) is 10.3. The topological polar surface area (TPSA) is 51.5 Å². The molecule has 2 unspecified atom stereocenters. The maximum absolute atomic E-state index is 13.6. The van der Waals surface area contributed by atoms with Gasteiger partial charge in [0.15, 0.2) is 5.54 Å². The lowest BCUT2D eigenvalue weighted by atomic mass is 9.98. The van der Waals surface area contributed by atoms with Crippen LogP contribution in [0.1, 0.15) is 29.1 Å². The van der Waals surface area contributed by atoms with Gasteiger partial charge in [-0.1, -0.05) is 72.8 Å². The van der Waals surface area contributed by atoms with Gasteiger partial charge in [0.25, 0.3) is 5.91 Å². The van der Waals surface area contributed by atoms with Crippen molar-refractivity contribution < 1.29 is 14.3 Å². The number of hydrogen-bond donors (Lipinski definition) is 0. The minimum absolute atomic E-state index is 0.237. The predicted molar refractivity (Wildman–Crippen MR) is 118 cm³/mol. The van der Waals surface area contributed by atoms with Crippen LogP contribution in [0.4, 0.5) is 0 Å². The molecule has 2 atom stereocenters. The number of rotatable bonds is 4. The van der Waals surface area contributed by atoms with Crippen LogP contribution < -0.4 is 0 Å². The lowest BCUT2D eigenvalue weighted by molar-refractivity contribution is -0.145. The second-order valence-electron chi connectivity index (χ2n) is 8.04. The maximum Gasteiger partial charge on any atom is 0.336 e.